The number of carbonyl (C=O) groups is 2. The van der Waals surface area contributed by atoms with Crippen molar-refractivity contribution in [3.05, 3.63) is 11.3 Å². The Morgan fingerprint density at radius 2 is 1.68 bits per heavy atom. The maximum atomic E-state index is 13.5. The molecule has 1 heterocycles. The smallest absolute Gasteiger partial charge is 0.175 e. The molecule has 1 spiro atoms. The van der Waals surface area contributed by atoms with Crippen molar-refractivity contribution in [2.24, 2.45) is 39.9 Å². The van der Waals surface area contributed by atoms with Crippen molar-refractivity contribution in [1.29, 1.82) is 0 Å². The quantitative estimate of drug-likeness (QED) is 0.570. The standard InChI is InChI=1S/C25H38O3/c1-14(2)11-15-13-25(10-9-16-12-17(25)22(16,3)4)28-20-18(15)19(26)23(5,6)21(27)24(20,7)8/h14-17H,9-13H2,1-8H3/t15-,16-,17-,25-/m1/s1. The maximum absolute atomic E-state index is 13.5. The molecule has 0 unspecified atom stereocenters. The van der Waals surface area contributed by atoms with Crippen molar-refractivity contribution in [3.8, 4) is 0 Å². The van der Waals surface area contributed by atoms with E-state index >= 15 is 0 Å². The lowest BCUT2D eigenvalue weighted by atomic mass is 9.42. The van der Waals surface area contributed by atoms with Gasteiger partial charge in [0.25, 0.3) is 0 Å². The summed E-state index contributed by atoms with van der Waals surface area (Å²) >= 11 is 0. The van der Waals surface area contributed by atoms with Crippen LogP contribution in [0, 0.1) is 39.9 Å². The molecule has 4 aliphatic carbocycles. The van der Waals surface area contributed by atoms with E-state index in [4.69, 9.17) is 4.74 Å². The molecule has 0 saturated heterocycles. The Kier molecular flexibility index (Phi) is 4.13. The summed E-state index contributed by atoms with van der Waals surface area (Å²) in [5, 5.41) is 0. The third-order valence-electron chi connectivity index (χ3n) is 8.84. The highest BCUT2D eigenvalue weighted by molar-refractivity contribution is 6.19. The van der Waals surface area contributed by atoms with Crippen LogP contribution in [-0.2, 0) is 14.3 Å². The van der Waals surface area contributed by atoms with Gasteiger partial charge in [0, 0.05) is 11.5 Å². The van der Waals surface area contributed by atoms with E-state index in [0.29, 0.717) is 17.3 Å². The molecule has 0 amide bonds. The number of ketones is 2. The molecule has 2 bridgehead atoms. The second-order valence-corrected chi connectivity index (χ2v) is 12.2. The fourth-order valence-corrected chi connectivity index (χ4v) is 7.21. The van der Waals surface area contributed by atoms with Crippen LogP contribution in [-0.4, -0.2) is 17.2 Å². The molecule has 156 valence electrons. The highest BCUT2D eigenvalue weighted by Gasteiger charge is 2.67. The summed E-state index contributed by atoms with van der Waals surface area (Å²) in [6.07, 6.45) is 5.44. The molecule has 28 heavy (non-hydrogen) atoms. The zero-order valence-corrected chi connectivity index (χ0v) is 19.1. The van der Waals surface area contributed by atoms with Gasteiger partial charge in [-0.25, -0.2) is 0 Å². The third kappa shape index (κ3) is 2.40. The van der Waals surface area contributed by atoms with Crippen LogP contribution in [0.1, 0.15) is 87.5 Å². The van der Waals surface area contributed by atoms with Crippen molar-refractivity contribution < 1.29 is 14.3 Å². The summed E-state index contributed by atoms with van der Waals surface area (Å²) in [6, 6.07) is 0. The summed E-state index contributed by atoms with van der Waals surface area (Å²) in [6.45, 7) is 16.8. The van der Waals surface area contributed by atoms with Gasteiger partial charge in [-0.1, -0.05) is 27.7 Å². The van der Waals surface area contributed by atoms with Gasteiger partial charge in [0.1, 0.15) is 11.4 Å². The molecule has 4 atom stereocenters. The number of fused-ring (bicyclic) bond motifs is 1. The van der Waals surface area contributed by atoms with Crippen molar-refractivity contribution >= 4 is 11.6 Å². The van der Waals surface area contributed by atoms with E-state index in [1.807, 2.05) is 13.8 Å². The highest BCUT2D eigenvalue weighted by Crippen LogP contribution is 2.68. The predicted octanol–water partition coefficient (Wildman–Crippen LogP) is 5.72. The van der Waals surface area contributed by atoms with Crippen LogP contribution in [0.25, 0.3) is 0 Å². The van der Waals surface area contributed by atoms with E-state index in [-0.39, 0.29) is 23.1 Å². The molecule has 3 heteroatoms. The second-order valence-electron chi connectivity index (χ2n) is 12.2. The molecule has 0 aromatic rings. The lowest BCUT2D eigenvalue weighted by molar-refractivity contribution is -0.230. The van der Waals surface area contributed by atoms with E-state index in [9.17, 15) is 9.59 Å². The average Bonchev–Trinajstić information content (AvgIpc) is 2.58. The van der Waals surface area contributed by atoms with E-state index in [1.165, 1.54) is 12.8 Å². The molecule has 3 fully saturated rings. The summed E-state index contributed by atoms with van der Waals surface area (Å²) in [7, 11) is 0. The first-order valence-electron chi connectivity index (χ1n) is 11.3. The number of hydrogen-bond donors (Lipinski definition) is 0. The van der Waals surface area contributed by atoms with Gasteiger partial charge in [0.15, 0.2) is 11.6 Å². The Morgan fingerprint density at radius 1 is 1.04 bits per heavy atom. The Balaban J connectivity index is 1.86. The SMILES string of the molecule is CC(C)C[C@@H]1C[C@@]2(CC[C@@H]3C[C@@H]2C3(C)C)OC2=C1C(=O)C(C)(C)C(=O)C2(C)C. The van der Waals surface area contributed by atoms with Crippen molar-refractivity contribution in [1.82, 2.24) is 0 Å². The molecular weight excluding hydrogens is 348 g/mol. The summed E-state index contributed by atoms with van der Waals surface area (Å²) in [4.78, 5) is 26.8. The van der Waals surface area contributed by atoms with Crippen LogP contribution in [0.2, 0.25) is 0 Å². The Hall–Kier alpha value is -1.12. The van der Waals surface area contributed by atoms with Gasteiger partial charge >= 0.3 is 0 Å². The Bertz CT molecular complexity index is 765. The maximum Gasteiger partial charge on any atom is 0.175 e. The van der Waals surface area contributed by atoms with Crippen LogP contribution < -0.4 is 0 Å². The minimum absolute atomic E-state index is 0.00523. The fourth-order valence-electron chi connectivity index (χ4n) is 7.21. The normalized spacial score (nSPS) is 40.2. The summed E-state index contributed by atoms with van der Waals surface area (Å²) in [5.41, 5.74) is -0.757. The van der Waals surface area contributed by atoms with Gasteiger partial charge in [0.05, 0.1) is 10.8 Å². The average molecular weight is 387 g/mol. The highest BCUT2D eigenvalue weighted by atomic mass is 16.5. The molecule has 5 aliphatic rings. The molecule has 5 rings (SSSR count). The lowest BCUT2D eigenvalue weighted by Crippen LogP contribution is -2.65. The Morgan fingerprint density at radius 3 is 2.21 bits per heavy atom. The van der Waals surface area contributed by atoms with Crippen LogP contribution in [0.4, 0.5) is 0 Å². The molecular formula is C25H38O3. The number of carbonyl (C=O) groups excluding carboxylic acids is 2. The third-order valence-corrected chi connectivity index (χ3v) is 8.84. The molecule has 0 radical (unpaired) electrons. The van der Waals surface area contributed by atoms with Crippen molar-refractivity contribution in [2.75, 3.05) is 0 Å². The monoisotopic (exact) mass is 386 g/mol. The number of ether oxygens (including phenoxy) is 1. The number of rotatable bonds is 2. The topological polar surface area (TPSA) is 43.4 Å². The second kappa shape index (κ2) is 5.73. The van der Waals surface area contributed by atoms with Gasteiger partial charge < -0.3 is 4.74 Å². The molecule has 0 aromatic carbocycles. The first-order chi connectivity index (χ1) is 12.7. The van der Waals surface area contributed by atoms with E-state index in [2.05, 4.69) is 27.7 Å². The minimum Gasteiger partial charge on any atom is -0.490 e. The summed E-state index contributed by atoms with van der Waals surface area (Å²) in [5.74, 6) is 2.78. The molecule has 3 saturated carbocycles. The number of Topliss-reactive ketones (excluding diaryl/α,β-unsaturated/α-hetero) is 2. The zero-order valence-electron chi connectivity index (χ0n) is 19.1. The largest absolute Gasteiger partial charge is 0.490 e. The van der Waals surface area contributed by atoms with Crippen LogP contribution in [0.3, 0.4) is 0 Å². The van der Waals surface area contributed by atoms with E-state index in [1.54, 1.807) is 13.8 Å². The first-order valence-corrected chi connectivity index (χ1v) is 11.3. The van der Waals surface area contributed by atoms with Crippen LogP contribution in [0.15, 0.2) is 11.3 Å². The molecule has 3 nitrogen and oxygen atoms in total. The van der Waals surface area contributed by atoms with Gasteiger partial charge in [0.2, 0.25) is 0 Å². The summed E-state index contributed by atoms with van der Waals surface area (Å²) < 4.78 is 6.90. The van der Waals surface area contributed by atoms with Crippen molar-refractivity contribution in [3.63, 3.8) is 0 Å². The lowest BCUT2D eigenvalue weighted by Gasteiger charge is -2.67. The molecule has 1 aliphatic heterocycles. The van der Waals surface area contributed by atoms with Gasteiger partial charge in [-0.05, 0) is 83.0 Å². The van der Waals surface area contributed by atoms with Crippen LogP contribution >= 0.6 is 0 Å². The molecule has 0 aromatic heterocycles. The van der Waals surface area contributed by atoms with Crippen molar-refractivity contribution in [2.45, 2.75) is 93.1 Å². The number of allylic oxidation sites excluding steroid dienone is 2. The van der Waals surface area contributed by atoms with Gasteiger partial charge in [-0.2, -0.15) is 0 Å². The first kappa shape index (κ1) is 20.2. The molecule has 0 N–H and O–H groups in total. The fraction of sp³-hybridized carbons (Fsp3) is 0.840. The van der Waals surface area contributed by atoms with E-state index < -0.39 is 10.8 Å². The number of hydrogen-bond acceptors (Lipinski definition) is 3. The Labute approximate surface area is 170 Å². The van der Waals surface area contributed by atoms with Crippen LogP contribution in [0.5, 0.6) is 0 Å². The zero-order chi connectivity index (χ0) is 20.9. The minimum atomic E-state index is -0.959. The van der Waals surface area contributed by atoms with Gasteiger partial charge in [-0.3, -0.25) is 9.59 Å². The predicted molar refractivity (Wildman–Crippen MR) is 111 cm³/mol. The van der Waals surface area contributed by atoms with E-state index in [0.717, 1.165) is 36.5 Å². The van der Waals surface area contributed by atoms with Gasteiger partial charge in [-0.15, -0.1) is 0 Å².